The van der Waals surface area contributed by atoms with Crippen molar-refractivity contribution in [1.82, 2.24) is 9.80 Å². The van der Waals surface area contributed by atoms with Crippen molar-refractivity contribution < 1.29 is 9.13 Å². The lowest BCUT2D eigenvalue weighted by Gasteiger charge is -2.34. The number of fused-ring (bicyclic) bond motifs is 1. The molecule has 1 unspecified atom stereocenters. The number of benzene rings is 2. The Morgan fingerprint density at radius 2 is 1.86 bits per heavy atom. The van der Waals surface area contributed by atoms with E-state index in [1.54, 1.807) is 11.8 Å². The minimum Gasteiger partial charge on any atom is -0.490 e. The van der Waals surface area contributed by atoms with Crippen LogP contribution >= 0.6 is 11.8 Å². The van der Waals surface area contributed by atoms with Crippen molar-refractivity contribution in [3.63, 3.8) is 0 Å². The zero-order valence-electron chi connectivity index (χ0n) is 17.4. The van der Waals surface area contributed by atoms with Crippen molar-refractivity contribution in [3.05, 3.63) is 59.2 Å². The summed E-state index contributed by atoms with van der Waals surface area (Å²) in [5, 5.41) is 0. The molecule has 0 N–H and O–H groups in total. The van der Waals surface area contributed by atoms with Crippen LogP contribution in [-0.2, 0) is 6.54 Å². The standard InChI is InChI=1S/C24H31FN2OS/c1-26-16-19-15-21(28-20-9-12-27(13-10-20)14-11-25)5-8-23(19)24(17-26)18-3-6-22(29-2)7-4-18/h3-8,15,20,24H,9-14,16-17H2,1-2H3. The first-order valence-electron chi connectivity index (χ1n) is 10.6. The molecule has 5 heteroatoms. The predicted octanol–water partition coefficient (Wildman–Crippen LogP) is 4.80. The smallest absolute Gasteiger partial charge is 0.120 e. The van der Waals surface area contributed by atoms with Crippen LogP contribution < -0.4 is 4.74 Å². The highest BCUT2D eigenvalue weighted by molar-refractivity contribution is 7.98. The third kappa shape index (κ3) is 4.96. The summed E-state index contributed by atoms with van der Waals surface area (Å²) in [7, 11) is 2.19. The molecule has 2 aromatic carbocycles. The number of likely N-dealkylation sites (tertiary alicyclic amines) is 1. The molecule has 2 aliphatic rings. The molecule has 0 aliphatic carbocycles. The fourth-order valence-corrected chi connectivity index (χ4v) is 4.99. The van der Waals surface area contributed by atoms with Gasteiger partial charge < -0.3 is 14.5 Å². The van der Waals surface area contributed by atoms with Crippen molar-refractivity contribution in [2.45, 2.75) is 36.3 Å². The van der Waals surface area contributed by atoms with Gasteiger partial charge >= 0.3 is 0 Å². The van der Waals surface area contributed by atoms with Gasteiger partial charge in [0.2, 0.25) is 0 Å². The highest BCUT2D eigenvalue weighted by Gasteiger charge is 2.26. The maximum Gasteiger partial charge on any atom is 0.120 e. The van der Waals surface area contributed by atoms with Gasteiger partial charge in [-0.3, -0.25) is 0 Å². The first kappa shape index (κ1) is 20.7. The van der Waals surface area contributed by atoms with Gasteiger partial charge in [0, 0.05) is 43.5 Å². The van der Waals surface area contributed by atoms with Gasteiger partial charge in [-0.15, -0.1) is 11.8 Å². The Bertz CT molecular complexity index is 805. The molecule has 1 saturated heterocycles. The number of hydrogen-bond acceptors (Lipinski definition) is 4. The average molecular weight is 415 g/mol. The Labute approximate surface area is 178 Å². The molecule has 0 radical (unpaired) electrons. The van der Waals surface area contributed by atoms with E-state index in [9.17, 15) is 4.39 Å². The normalized spacial score (nSPS) is 21.1. The quantitative estimate of drug-likeness (QED) is 0.631. The van der Waals surface area contributed by atoms with Crippen molar-refractivity contribution in [2.75, 3.05) is 46.2 Å². The third-order valence-corrected chi connectivity index (χ3v) is 6.92. The minimum atomic E-state index is -0.259. The predicted molar refractivity (Wildman–Crippen MR) is 119 cm³/mol. The van der Waals surface area contributed by atoms with E-state index in [4.69, 9.17) is 4.74 Å². The fourth-order valence-electron chi connectivity index (χ4n) is 4.58. The summed E-state index contributed by atoms with van der Waals surface area (Å²) in [6.07, 6.45) is 4.30. The SMILES string of the molecule is CSc1ccc(C2CN(C)Cc3cc(OC4CCN(CCF)CC4)ccc32)cc1. The lowest BCUT2D eigenvalue weighted by Crippen LogP contribution is -2.39. The Kier molecular flexibility index (Phi) is 6.78. The summed E-state index contributed by atoms with van der Waals surface area (Å²) >= 11 is 1.78. The Hall–Kier alpha value is -1.56. The molecule has 3 nitrogen and oxygen atoms in total. The first-order chi connectivity index (χ1) is 14.2. The van der Waals surface area contributed by atoms with Gasteiger partial charge in [-0.1, -0.05) is 18.2 Å². The monoisotopic (exact) mass is 414 g/mol. The van der Waals surface area contributed by atoms with E-state index in [-0.39, 0.29) is 12.8 Å². The minimum absolute atomic E-state index is 0.236. The van der Waals surface area contributed by atoms with Crippen LogP contribution in [0.15, 0.2) is 47.4 Å². The highest BCUT2D eigenvalue weighted by atomic mass is 32.2. The zero-order chi connectivity index (χ0) is 20.2. The molecule has 156 valence electrons. The molecule has 0 amide bonds. The molecule has 0 spiro atoms. The van der Waals surface area contributed by atoms with Crippen LogP contribution in [0.1, 0.15) is 35.4 Å². The summed E-state index contributed by atoms with van der Waals surface area (Å²) in [5.74, 6) is 1.37. The molecule has 2 aromatic rings. The largest absolute Gasteiger partial charge is 0.490 e. The van der Waals surface area contributed by atoms with Crippen LogP contribution in [0, 0.1) is 0 Å². The third-order valence-electron chi connectivity index (χ3n) is 6.18. The van der Waals surface area contributed by atoms with E-state index in [0.717, 1.165) is 44.8 Å². The number of piperidine rings is 1. The van der Waals surface area contributed by atoms with Crippen LogP contribution in [0.2, 0.25) is 0 Å². The van der Waals surface area contributed by atoms with Crippen molar-refractivity contribution in [1.29, 1.82) is 0 Å². The van der Waals surface area contributed by atoms with Crippen LogP contribution in [0.3, 0.4) is 0 Å². The van der Waals surface area contributed by atoms with Gasteiger partial charge in [-0.25, -0.2) is 4.39 Å². The van der Waals surface area contributed by atoms with Gasteiger partial charge in [0.1, 0.15) is 18.5 Å². The fraction of sp³-hybridized carbons (Fsp3) is 0.500. The van der Waals surface area contributed by atoms with Crippen LogP contribution in [0.4, 0.5) is 4.39 Å². The second-order valence-electron chi connectivity index (χ2n) is 8.23. The lowest BCUT2D eigenvalue weighted by molar-refractivity contribution is 0.0967. The number of nitrogens with zero attached hydrogens (tertiary/aromatic N) is 2. The van der Waals surface area contributed by atoms with Gasteiger partial charge in [-0.2, -0.15) is 0 Å². The highest BCUT2D eigenvalue weighted by Crippen LogP contribution is 2.36. The maximum absolute atomic E-state index is 12.5. The summed E-state index contributed by atoms with van der Waals surface area (Å²) in [6, 6.07) is 15.6. The van der Waals surface area contributed by atoms with E-state index in [1.165, 1.54) is 21.6 Å². The number of rotatable bonds is 6. The Morgan fingerprint density at radius 1 is 1.10 bits per heavy atom. The number of halogens is 1. The zero-order valence-corrected chi connectivity index (χ0v) is 18.3. The van der Waals surface area contributed by atoms with Crippen LogP contribution in [0.5, 0.6) is 5.75 Å². The molecule has 4 rings (SSSR count). The van der Waals surface area contributed by atoms with Gasteiger partial charge in [0.05, 0.1) is 0 Å². The molecule has 2 heterocycles. The van der Waals surface area contributed by atoms with E-state index in [0.29, 0.717) is 12.5 Å². The number of likely N-dealkylation sites (N-methyl/N-ethyl adjacent to an activating group) is 1. The van der Waals surface area contributed by atoms with Crippen LogP contribution in [0.25, 0.3) is 0 Å². The molecule has 29 heavy (non-hydrogen) atoms. The number of ether oxygens (including phenoxy) is 1. The number of hydrogen-bond donors (Lipinski definition) is 0. The molecular formula is C24H31FN2OS. The molecule has 0 bridgehead atoms. The van der Waals surface area contributed by atoms with E-state index in [1.807, 2.05) is 0 Å². The molecule has 1 fully saturated rings. The van der Waals surface area contributed by atoms with Gasteiger partial charge in [0.15, 0.2) is 0 Å². The average Bonchev–Trinajstić information content (AvgIpc) is 2.74. The molecule has 0 aromatic heterocycles. The summed E-state index contributed by atoms with van der Waals surface area (Å²) in [4.78, 5) is 5.89. The summed E-state index contributed by atoms with van der Waals surface area (Å²) < 4.78 is 18.8. The molecule has 2 aliphatic heterocycles. The van der Waals surface area contributed by atoms with E-state index < -0.39 is 0 Å². The van der Waals surface area contributed by atoms with Crippen molar-refractivity contribution >= 4 is 11.8 Å². The second kappa shape index (κ2) is 9.50. The van der Waals surface area contributed by atoms with Crippen LogP contribution in [-0.4, -0.2) is 62.1 Å². The topological polar surface area (TPSA) is 15.7 Å². The summed E-state index contributed by atoms with van der Waals surface area (Å²) in [6.45, 7) is 4.15. The van der Waals surface area contributed by atoms with Gasteiger partial charge in [-0.05, 0) is 67.1 Å². The summed E-state index contributed by atoms with van der Waals surface area (Å²) in [5.41, 5.74) is 4.17. The van der Waals surface area contributed by atoms with E-state index in [2.05, 4.69) is 65.6 Å². The molecule has 0 saturated carbocycles. The maximum atomic E-state index is 12.5. The number of alkyl halides is 1. The Morgan fingerprint density at radius 3 is 2.55 bits per heavy atom. The first-order valence-corrected chi connectivity index (χ1v) is 11.8. The van der Waals surface area contributed by atoms with Crippen molar-refractivity contribution in [3.8, 4) is 5.75 Å². The van der Waals surface area contributed by atoms with E-state index >= 15 is 0 Å². The molecule has 1 atom stereocenters. The second-order valence-corrected chi connectivity index (χ2v) is 9.11. The Balaban J connectivity index is 1.48. The molecular weight excluding hydrogens is 383 g/mol. The van der Waals surface area contributed by atoms with Gasteiger partial charge in [0.25, 0.3) is 0 Å². The lowest BCUT2D eigenvalue weighted by atomic mass is 9.85. The van der Waals surface area contributed by atoms with Crippen molar-refractivity contribution in [2.24, 2.45) is 0 Å². The number of thioether (sulfide) groups is 1.